The Hall–Kier alpha value is -3.39. The molecule has 3 aromatic rings. The lowest BCUT2D eigenvalue weighted by atomic mass is 10.1. The molecule has 0 aliphatic heterocycles. The Morgan fingerprint density at radius 3 is 2.57 bits per heavy atom. The molecule has 0 aliphatic carbocycles. The standard InChI is InChI=1S/C18H11NO4/c1-11-8-17(20)23-16-9-14(6-7-15(11)16)22-18(21)13-4-2-12(10-19)3-5-13/h2-9H,1H3. The van der Waals surface area contributed by atoms with E-state index in [1.165, 1.54) is 24.3 Å². The largest absolute Gasteiger partial charge is 0.423 e. The van der Waals surface area contributed by atoms with Gasteiger partial charge >= 0.3 is 11.6 Å². The van der Waals surface area contributed by atoms with Gasteiger partial charge in [0.1, 0.15) is 11.3 Å². The number of fused-ring (bicyclic) bond motifs is 1. The van der Waals surface area contributed by atoms with Gasteiger partial charge in [-0.1, -0.05) is 0 Å². The van der Waals surface area contributed by atoms with Crippen molar-refractivity contribution in [1.29, 1.82) is 5.26 Å². The molecule has 0 amide bonds. The normalized spacial score (nSPS) is 10.3. The number of carbonyl (C=O) groups excluding carboxylic acids is 1. The quantitative estimate of drug-likeness (QED) is 0.412. The van der Waals surface area contributed by atoms with E-state index in [1.54, 1.807) is 24.3 Å². The summed E-state index contributed by atoms with van der Waals surface area (Å²) in [5.41, 5.74) is 1.49. The first-order valence-corrected chi connectivity index (χ1v) is 6.84. The highest BCUT2D eigenvalue weighted by molar-refractivity contribution is 5.92. The molecule has 23 heavy (non-hydrogen) atoms. The Labute approximate surface area is 131 Å². The summed E-state index contributed by atoms with van der Waals surface area (Å²) < 4.78 is 10.4. The maximum absolute atomic E-state index is 12.1. The van der Waals surface area contributed by atoms with Crippen LogP contribution in [0.2, 0.25) is 0 Å². The Kier molecular flexibility index (Phi) is 3.65. The molecule has 1 heterocycles. The summed E-state index contributed by atoms with van der Waals surface area (Å²) in [7, 11) is 0. The third kappa shape index (κ3) is 2.97. The number of rotatable bonds is 2. The number of hydrogen-bond acceptors (Lipinski definition) is 5. The predicted octanol–water partition coefficient (Wildman–Crippen LogP) is 3.19. The lowest BCUT2D eigenvalue weighted by molar-refractivity contribution is 0.0735. The van der Waals surface area contributed by atoms with Crippen LogP contribution in [0.3, 0.4) is 0 Å². The van der Waals surface area contributed by atoms with Crippen molar-refractivity contribution in [3.05, 3.63) is 75.6 Å². The second kappa shape index (κ2) is 5.78. The molecular weight excluding hydrogens is 294 g/mol. The van der Waals surface area contributed by atoms with E-state index in [9.17, 15) is 9.59 Å². The van der Waals surface area contributed by atoms with Gasteiger partial charge < -0.3 is 9.15 Å². The number of aryl methyl sites for hydroxylation is 1. The smallest absolute Gasteiger partial charge is 0.343 e. The van der Waals surface area contributed by atoms with Gasteiger partial charge in [-0.15, -0.1) is 0 Å². The fraction of sp³-hybridized carbons (Fsp3) is 0.0556. The van der Waals surface area contributed by atoms with Crippen LogP contribution in [0.4, 0.5) is 0 Å². The zero-order chi connectivity index (χ0) is 16.4. The molecule has 5 heteroatoms. The molecule has 0 saturated heterocycles. The first-order valence-electron chi connectivity index (χ1n) is 6.84. The molecule has 0 unspecified atom stereocenters. The van der Waals surface area contributed by atoms with Crippen LogP contribution in [0.25, 0.3) is 11.0 Å². The van der Waals surface area contributed by atoms with Crippen LogP contribution in [0.15, 0.2) is 57.7 Å². The molecular formula is C18H11NO4. The third-order valence-electron chi connectivity index (χ3n) is 3.38. The van der Waals surface area contributed by atoms with Crippen LogP contribution in [0.5, 0.6) is 5.75 Å². The van der Waals surface area contributed by atoms with Gasteiger partial charge in [0.15, 0.2) is 0 Å². The summed E-state index contributed by atoms with van der Waals surface area (Å²) in [5.74, 6) is -0.274. The Bertz CT molecular complexity index is 994. The average molecular weight is 305 g/mol. The second-order valence-corrected chi connectivity index (χ2v) is 4.99. The number of ether oxygens (including phenoxy) is 1. The average Bonchev–Trinajstić information content (AvgIpc) is 2.54. The van der Waals surface area contributed by atoms with Gasteiger partial charge in [-0.25, -0.2) is 9.59 Å². The molecule has 3 rings (SSSR count). The highest BCUT2D eigenvalue weighted by Gasteiger charge is 2.10. The van der Waals surface area contributed by atoms with E-state index in [4.69, 9.17) is 14.4 Å². The van der Waals surface area contributed by atoms with Gasteiger partial charge in [0.2, 0.25) is 0 Å². The number of benzene rings is 2. The van der Waals surface area contributed by atoms with E-state index in [0.717, 1.165) is 10.9 Å². The lowest BCUT2D eigenvalue weighted by Gasteiger charge is -2.06. The fourth-order valence-electron chi connectivity index (χ4n) is 2.22. The highest BCUT2D eigenvalue weighted by atomic mass is 16.5. The molecule has 112 valence electrons. The summed E-state index contributed by atoms with van der Waals surface area (Å²) in [5, 5.41) is 9.53. The van der Waals surface area contributed by atoms with Gasteiger partial charge in [0.05, 0.1) is 17.2 Å². The van der Waals surface area contributed by atoms with Gasteiger partial charge in [-0.3, -0.25) is 0 Å². The van der Waals surface area contributed by atoms with Crippen molar-refractivity contribution in [2.45, 2.75) is 6.92 Å². The van der Waals surface area contributed by atoms with Crippen molar-refractivity contribution in [1.82, 2.24) is 0 Å². The minimum Gasteiger partial charge on any atom is -0.423 e. The minimum absolute atomic E-state index is 0.278. The molecule has 0 radical (unpaired) electrons. The summed E-state index contributed by atoms with van der Waals surface area (Å²) in [4.78, 5) is 23.5. The topological polar surface area (TPSA) is 80.3 Å². The summed E-state index contributed by atoms with van der Waals surface area (Å²) in [6.45, 7) is 1.81. The van der Waals surface area contributed by atoms with Crippen molar-refractivity contribution in [2.75, 3.05) is 0 Å². The fourth-order valence-corrected chi connectivity index (χ4v) is 2.22. The van der Waals surface area contributed by atoms with Gasteiger partial charge in [0.25, 0.3) is 0 Å². The number of hydrogen-bond donors (Lipinski definition) is 0. The number of esters is 1. The van der Waals surface area contributed by atoms with Crippen molar-refractivity contribution in [3.63, 3.8) is 0 Å². The van der Waals surface area contributed by atoms with Crippen LogP contribution < -0.4 is 10.4 Å². The monoisotopic (exact) mass is 305 g/mol. The molecule has 0 atom stereocenters. The Morgan fingerprint density at radius 2 is 1.87 bits per heavy atom. The Morgan fingerprint density at radius 1 is 1.13 bits per heavy atom. The van der Waals surface area contributed by atoms with Crippen LogP contribution in [0.1, 0.15) is 21.5 Å². The van der Waals surface area contributed by atoms with Crippen molar-refractivity contribution in [3.8, 4) is 11.8 Å². The van der Waals surface area contributed by atoms with Crippen LogP contribution in [0, 0.1) is 18.3 Å². The van der Waals surface area contributed by atoms with E-state index in [1.807, 2.05) is 13.0 Å². The molecule has 0 fully saturated rings. The Balaban J connectivity index is 1.90. The summed E-state index contributed by atoms with van der Waals surface area (Å²) in [6, 6.07) is 14.4. The molecule has 2 aromatic carbocycles. The van der Waals surface area contributed by atoms with Crippen LogP contribution >= 0.6 is 0 Å². The van der Waals surface area contributed by atoms with Crippen LogP contribution in [-0.4, -0.2) is 5.97 Å². The maximum Gasteiger partial charge on any atom is 0.343 e. The van der Waals surface area contributed by atoms with E-state index in [0.29, 0.717) is 16.7 Å². The molecule has 0 aliphatic rings. The van der Waals surface area contributed by atoms with E-state index >= 15 is 0 Å². The van der Waals surface area contributed by atoms with Crippen molar-refractivity contribution >= 4 is 16.9 Å². The first kappa shape index (κ1) is 14.5. The summed E-state index contributed by atoms with van der Waals surface area (Å²) in [6.07, 6.45) is 0. The summed E-state index contributed by atoms with van der Waals surface area (Å²) >= 11 is 0. The van der Waals surface area contributed by atoms with E-state index < -0.39 is 11.6 Å². The molecule has 0 spiro atoms. The van der Waals surface area contributed by atoms with E-state index in [-0.39, 0.29) is 5.75 Å². The highest BCUT2D eigenvalue weighted by Crippen LogP contribution is 2.23. The van der Waals surface area contributed by atoms with Gasteiger partial charge in [-0.2, -0.15) is 5.26 Å². The maximum atomic E-state index is 12.1. The number of nitrogens with zero attached hydrogens (tertiary/aromatic N) is 1. The number of carbonyl (C=O) groups is 1. The molecule has 1 aromatic heterocycles. The first-order chi connectivity index (χ1) is 11.1. The molecule has 5 nitrogen and oxygen atoms in total. The number of nitriles is 1. The van der Waals surface area contributed by atoms with E-state index in [2.05, 4.69) is 0 Å². The predicted molar refractivity (Wildman–Crippen MR) is 83.3 cm³/mol. The SMILES string of the molecule is Cc1cc(=O)oc2cc(OC(=O)c3ccc(C#N)cc3)ccc12. The zero-order valence-corrected chi connectivity index (χ0v) is 12.2. The van der Waals surface area contributed by atoms with Crippen LogP contribution in [-0.2, 0) is 0 Å². The lowest BCUT2D eigenvalue weighted by Crippen LogP contribution is -2.08. The molecule has 0 saturated carbocycles. The van der Waals surface area contributed by atoms with Crippen molar-refractivity contribution < 1.29 is 13.9 Å². The molecule has 0 bridgehead atoms. The van der Waals surface area contributed by atoms with Crippen molar-refractivity contribution in [2.24, 2.45) is 0 Å². The second-order valence-electron chi connectivity index (χ2n) is 4.99. The molecule has 0 N–H and O–H groups in total. The van der Waals surface area contributed by atoms with Gasteiger partial charge in [-0.05, 0) is 48.9 Å². The minimum atomic E-state index is -0.552. The third-order valence-corrected chi connectivity index (χ3v) is 3.38. The zero-order valence-electron chi connectivity index (χ0n) is 12.2. The van der Waals surface area contributed by atoms with Gasteiger partial charge in [0, 0.05) is 17.5 Å².